The predicted molar refractivity (Wildman–Crippen MR) is 19.3 cm³/mol. The number of hydrogen-bond donors (Lipinski definition) is 1. The van der Waals surface area contributed by atoms with Crippen molar-refractivity contribution in [3.63, 3.8) is 0 Å². The van der Waals surface area contributed by atoms with Gasteiger partial charge in [0.25, 0.3) is 0 Å². The minimum atomic E-state index is 0. The van der Waals surface area contributed by atoms with Crippen LogP contribution in [0.15, 0.2) is 0 Å². The molecule has 0 spiro atoms. The van der Waals surface area contributed by atoms with Crippen LogP contribution in [0.2, 0.25) is 0 Å². The third kappa shape index (κ3) is 11.5. The number of hydrogen-bond acceptors (Lipinski definition) is 1. The first kappa shape index (κ1) is 9.28. The van der Waals surface area contributed by atoms with Gasteiger partial charge in [0, 0.05) is 26.2 Å². The summed E-state index contributed by atoms with van der Waals surface area (Å²) >= 11 is 0. The van der Waals surface area contributed by atoms with Gasteiger partial charge in [-0.05, 0) is 13.0 Å². The summed E-state index contributed by atoms with van der Waals surface area (Å²) in [4.78, 5) is 0. The molecule has 0 fully saturated rings. The average Bonchev–Trinajstić information content (AvgIpc) is 1.37. The fourth-order valence-corrected chi connectivity index (χ4v) is 0. The Kier molecular flexibility index (Phi) is 16.4. The van der Waals surface area contributed by atoms with Crippen molar-refractivity contribution in [2.75, 3.05) is 6.54 Å². The van der Waals surface area contributed by atoms with E-state index < -0.39 is 0 Å². The van der Waals surface area contributed by atoms with Crippen LogP contribution in [0.3, 0.4) is 0 Å². The first-order chi connectivity index (χ1) is 1.91. The van der Waals surface area contributed by atoms with Crippen LogP contribution in [0, 0.1) is 0 Å². The minimum Gasteiger partial charge on any atom is -0.330 e. The van der Waals surface area contributed by atoms with Crippen LogP contribution in [0.1, 0.15) is 13.3 Å². The second-order valence-corrected chi connectivity index (χ2v) is 0.789. The third-order valence-electron chi connectivity index (χ3n) is 0.289. The molecule has 0 rings (SSSR count). The van der Waals surface area contributed by atoms with Crippen LogP contribution in [0.5, 0.6) is 0 Å². The maximum atomic E-state index is 5.03. The molecule has 0 aromatic rings. The standard InChI is InChI=1S/C3H9N.Zr/c1-2-3-4;/h2-4H2,1H3;. The molecule has 0 bridgehead atoms. The zero-order chi connectivity index (χ0) is 3.41. The Hall–Kier alpha value is 0.843. The molecule has 0 aliphatic carbocycles. The molecule has 0 amide bonds. The van der Waals surface area contributed by atoms with Crippen LogP contribution >= 0.6 is 0 Å². The van der Waals surface area contributed by atoms with Crippen molar-refractivity contribution in [1.82, 2.24) is 0 Å². The fourth-order valence-electron chi connectivity index (χ4n) is 0. The van der Waals surface area contributed by atoms with E-state index in [-0.39, 0.29) is 26.2 Å². The zero-order valence-electron chi connectivity index (χ0n) is 3.49. The molecular weight excluding hydrogens is 141 g/mol. The molecule has 0 aromatic carbocycles. The molecule has 1 nitrogen and oxygen atoms in total. The van der Waals surface area contributed by atoms with Crippen molar-refractivity contribution in [2.24, 2.45) is 5.73 Å². The van der Waals surface area contributed by atoms with Gasteiger partial charge in [-0.2, -0.15) is 0 Å². The Bertz CT molecular complexity index is 8.85. The third-order valence-corrected chi connectivity index (χ3v) is 0.289. The van der Waals surface area contributed by atoms with E-state index in [2.05, 4.69) is 6.92 Å². The summed E-state index contributed by atoms with van der Waals surface area (Å²) in [7, 11) is 0. The molecule has 0 saturated heterocycles. The normalized spacial score (nSPS) is 6.00. The van der Waals surface area contributed by atoms with E-state index in [9.17, 15) is 0 Å². The van der Waals surface area contributed by atoms with Crippen LogP contribution in [0.25, 0.3) is 0 Å². The van der Waals surface area contributed by atoms with Gasteiger partial charge in [-0.3, -0.25) is 0 Å². The molecular formula is C3H9NZr. The summed E-state index contributed by atoms with van der Waals surface area (Å²) in [6.07, 6.45) is 1.10. The van der Waals surface area contributed by atoms with Gasteiger partial charge in [-0.1, -0.05) is 6.92 Å². The van der Waals surface area contributed by atoms with Gasteiger partial charge in [-0.15, -0.1) is 0 Å². The van der Waals surface area contributed by atoms with Crippen LogP contribution in [0.4, 0.5) is 0 Å². The van der Waals surface area contributed by atoms with Crippen molar-refractivity contribution in [2.45, 2.75) is 13.3 Å². The van der Waals surface area contributed by atoms with E-state index >= 15 is 0 Å². The molecule has 0 aliphatic rings. The van der Waals surface area contributed by atoms with Crippen molar-refractivity contribution < 1.29 is 26.2 Å². The quantitative estimate of drug-likeness (QED) is 0.573. The van der Waals surface area contributed by atoms with Crippen molar-refractivity contribution >= 4 is 0 Å². The predicted octanol–water partition coefficient (Wildman–Crippen LogP) is 0.353. The summed E-state index contributed by atoms with van der Waals surface area (Å²) in [6.45, 7) is 2.88. The molecule has 2 heteroatoms. The van der Waals surface area contributed by atoms with E-state index in [4.69, 9.17) is 5.73 Å². The average molecular weight is 150 g/mol. The summed E-state index contributed by atoms with van der Waals surface area (Å²) < 4.78 is 0. The smallest absolute Gasteiger partial charge is 0 e. The van der Waals surface area contributed by atoms with Gasteiger partial charge in [0.1, 0.15) is 0 Å². The van der Waals surface area contributed by atoms with Crippen LogP contribution in [-0.2, 0) is 26.2 Å². The van der Waals surface area contributed by atoms with Gasteiger partial charge >= 0.3 is 0 Å². The molecule has 5 heavy (non-hydrogen) atoms. The SMILES string of the molecule is CCCN.[Zr]. The van der Waals surface area contributed by atoms with Gasteiger partial charge in [-0.25, -0.2) is 0 Å². The Labute approximate surface area is 52.1 Å². The number of rotatable bonds is 1. The van der Waals surface area contributed by atoms with E-state index in [0.29, 0.717) is 0 Å². The van der Waals surface area contributed by atoms with Crippen molar-refractivity contribution in [3.8, 4) is 0 Å². The monoisotopic (exact) mass is 149 g/mol. The molecule has 2 N–H and O–H groups in total. The molecule has 0 aromatic heterocycles. The van der Waals surface area contributed by atoms with Crippen LogP contribution in [-0.4, -0.2) is 6.54 Å². The maximum Gasteiger partial charge on any atom is 0 e. The molecule has 0 atom stereocenters. The van der Waals surface area contributed by atoms with E-state index in [1.807, 2.05) is 0 Å². The topological polar surface area (TPSA) is 26.0 Å². The van der Waals surface area contributed by atoms with Crippen molar-refractivity contribution in [1.29, 1.82) is 0 Å². The summed E-state index contributed by atoms with van der Waals surface area (Å²) in [5.41, 5.74) is 5.03. The number of nitrogens with two attached hydrogens (primary N) is 1. The van der Waals surface area contributed by atoms with E-state index in [1.165, 1.54) is 0 Å². The molecule has 0 radical (unpaired) electrons. The van der Waals surface area contributed by atoms with E-state index in [0.717, 1.165) is 13.0 Å². The molecule has 0 unspecified atom stereocenters. The van der Waals surface area contributed by atoms with Crippen molar-refractivity contribution in [3.05, 3.63) is 0 Å². The minimum absolute atomic E-state index is 0. The Morgan fingerprint density at radius 2 is 1.80 bits per heavy atom. The Morgan fingerprint density at radius 1 is 1.60 bits per heavy atom. The summed E-state index contributed by atoms with van der Waals surface area (Å²) in [5.74, 6) is 0. The summed E-state index contributed by atoms with van der Waals surface area (Å²) in [5, 5.41) is 0. The van der Waals surface area contributed by atoms with Crippen LogP contribution < -0.4 is 5.73 Å². The zero-order valence-corrected chi connectivity index (χ0v) is 5.95. The van der Waals surface area contributed by atoms with Gasteiger partial charge in [0.05, 0.1) is 0 Å². The Balaban J connectivity index is 0. The van der Waals surface area contributed by atoms with Gasteiger partial charge < -0.3 is 5.73 Å². The first-order valence-electron chi connectivity index (χ1n) is 1.62. The van der Waals surface area contributed by atoms with E-state index in [1.54, 1.807) is 0 Å². The Morgan fingerprint density at radius 3 is 1.80 bits per heavy atom. The molecule has 0 heterocycles. The molecule has 0 saturated carbocycles. The first-order valence-corrected chi connectivity index (χ1v) is 1.62. The molecule has 0 aliphatic heterocycles. The maximum absolute atomic E-state index is 5.03. The van der Waals surface area contributed by atoms with Gasteiger partial charge in [0.15, 0.2) is 0 Å². The fraction of sp³-hybridized carbons (Fsp3) is 1.00. The van der Waals surface area contributed by atoms with Gasteiger partial charge in [0.2, 0.25) is 0 Å². The largest absolute Gasteiger partial charge is 0.330 e. The second kappa shape index (κ2) is 8.85. The molecule has 30 valence electrons. The summed E-state index contributed by atoms with van der Waals surface area (Å²) in [6, 6.07) is 0. The second-order valence-electron chi connectivity index (χ2n) is 0.789.